The van der Waals surface area contributed by atoms with Crippen LogP contribution in [0.2, 0.25) is 0 Å². The third-order valence-electron chi connectivity index (χ3n) is 5.36. The maximum absolute atomic E-state index is 6.22. The van der Waals surface area contributed by atoms with Gasteiger partial charge in [-0.05, 0) is 39.8 Å². The van der Waals surface area contributed by atoms with Crippen molar-refractivity contribution in [1.29, 1.82) is 0 Å². The molecule has 0 bridgehead atoms. The van der Waals surface area contributed by atoms with Crippen molar-refractivity contribution in [1.82, 2.24) is 4.98 Å². The van der Waals surface area contributed by atoms with Crippen LogP contribution in [-0.2, 0) is 9.31 Å². The van der Waals surface area contributed by atoms with Crippen LogP contribution in [0, 0.1) is 0 Å². The summed E-state index contributed by atoms with van der Waals surface area (Å²) >= 11 is 0. The van der Waals surface area contributed by atoms with E-state index >= 15 is 0 Å². The van der Waals surface area contributed by atoms with Crippen LogP contribution in [0.5, 0.6) is 5.75 Å². The molecule has 0 atom stereocenters. The van der Waals surface area contributed by atoms with Crippen molar-refractivity contribution in [3.8, 4) is 5.75 Å². The molecule has 1 aromatic heterocycles. The van der Waals surface area contributed by atoms with Crippen LogP contribution in [0.25, 0.3) is 21.8 Å². The van der Waals surface area contributed by atoms with Crippen molar-refractivity contribution < 1.29 is 14.0 Å². The van der Waals surface area contributed by atoms with E-state index < -0.39 is 7.12 Å². The number of para-hydroxylation sites is 1. The largest absolute Gasteiger partial charge is 0.498 e. The van der Waals surface area contributed by atoms with E-state index in [0.717, 1.165) is 27.6 Å². The monoisotopic (exact) mass is 323 g/mol. The van der Waals surface area contributed by atoms with Crippen LogP contribution in [-0.4, -0.2) is 30.4 Å². The van der Waals surface area contributed by atoms with Crippen LogP contribution in [0.4, 0.5) is 0 Å². The molecule has 2 heterocycles. The van der Waals surface area contributed by atoms with Gasteiger partial charge < -0.3 is 19.0 Å². The summed E-state index contributed by atoms with van der Waals surface area (Å²) in [5.74, 6) is 0.771. The Morgan fingerprint density at radius 3 is 2.25 bits per heavy atom. The third kappa shape index (κ3) is 2.15. The molecule has 4 nitrogen and oxygen atoms in total. The minimum Gasteiger partial charge on any atom is -0.497 e. The highest BCUT2D eigenvalue weighted by atomic mass is 16.7. The Hall–Kier alpha value is -1.98. The second-order valence-electron chi connectivity index (χ2n) is 7.40. The van der Waals surface area contributed by atoms with Gasteiger partial charge in [0.05, 0.1) is 23.8 Å². The molecule has 0 spiro atoms. The average Bonchev–Trinajstić information content (AvgIpc) is 2.99. The van der Waals surface area contributed by atoms with Crippen molar-refractivity contribution >= 4 is 34.4 Å². The molecule has 5 heteroatoms. The summed E-state index contributed by atoms with van der Waals surface area (Å²) in [6.45, 7) is 8.24. The number of aromatic nitrogens is 1. The van der Waals surface area contributed by atoms with Gasteiger partial charge in [-0.1, -0.05) is 18.2 Å². The first-order valence-corrected chi connectivity index (χ1v) is 8.26. The number of H-pyrrole nitrogens is 1. The van der Waals surface area contributed by atoms with Crippen LogP contribution < -0.4 is 10.2 Å². The minimum atomic E-state index is -0.442. The molecule has 4 rings (SSSR count). The van der Waals surface area contributed by atoms with Gasteiger partial charge in [-0.25, -0.2) is 0 Å². The lowest BCUT2D eigenvalue weighted by atomic mass is 9.77. The molecule has 0 radical (unpaired) electrons. The summed E-state index contributed by atoms with van der Waals surface area (Å²) in [6.07, 6.45) is 0. The lowest BCUT2D eigenvalue weighted by Gasteiger charge is -2.32. The van der Waals surface area contributed by atoms with Gasteiger partial charge in [0.1, 0.15) is 5.75 Å². The zero-order valence-corrected chi connectivity index (χ0v) is 14.8. The normalized spacial score (nSPS) is 19.3. The Morgan fingerprint density at radius 2 is 1.58 bits per heavy atom. The number of aromatic amines is 1. The molecule has 24 heavy (non-hydrogen) atoms. The van der Waals surface area contributed by atoms with E-state index in [1.807, 2.05) is 18.2 Å². The third-order valence-corrected chi connectivity index (χ3v) is 5.36. The number of methoxy groups -OCH3 is 1. The van der Waals surface area contributed by atoms with E-state index in [2.05, 4.69) is 50.9 Å². The second-order valence-corrected chi connectivity index (χ2v) is 7.40. The molecule has 1 saturated heterocycles. The summed E-state index contributed by atoms with van der Waals surface area (Å²) in [7, 11) is 1.24. The predicted octanol–water partition coefficient (Wildman–Crippen LogP) is 3.63. The van der Waals surface area contributed by atoms with Gasteiger partial charge in [-0.15, -0.1) is 0 Å². The predicted molar refractivity (Wildman–Crippen MR) is 98.1 cm³/mol. The van der Waals surface area contributed by atoms with Gasteiger partial charge in [0, 0.05) is 27.8 Å². The molecule has 0 saturated carbocycles. The van der Waals surface area contributed by atoms with E-state index in [-0.39, 0.29) is 11.2 Å². The van der Waals surface area contributed by atoms with Gasteiger partial charge in [0.15, 0.2) is 0 Å². The quantitative estimate of drug-likeness (QED) is 0.733. The number of rotatable bonds is 2. The molecular formula is C19H22BNO3. The molecule has 0 aliphatic carbocycles. The molecule has 1 aliphatic rings. The molecule has 1 N–H and O–H groups in total. The molecular weight excluding hydrogens is 301 g/mol. The number of hydrogen-bond donors (Lipinski definition) is 1. The van der Waals surface area contributed by atoms with Crippen LogP contribution in [0.15, 0.2) is 36.4 Å². The highest BCUT2D eigenvalue weighted by molar-refractivity contribution is 6.63. The Morgan fingerprint density at radius 1 is 0.917 bits per heavy atom. The van der Waals surface area contributed by atoms with Crippen molar-refractivity contribution in [3.63, 3.8) is 0 Å². The molecule has 0 unspecified atom stereocenters. The molecule has 1 fully saturated rings. The van der Waals surface area contributed by atoms with E-state index in [0.29, 0.717) is 0 Å². The van der Waals surface area contributed by atoms with E-state index in [1.165, 1.54) is 5.39 Å². The maximum Gasteiger partial charge on any atom is 0.498 e. The van der Waals surface area contributed by atoms with Crippen LogP contribution >= 0.6 is 0 Å². The Bertz CT molecular complexity index is 913. The second kappa shape index (κ2) is 5.01. The smallest absolute Gasteiger partial charge is 0.497 e. The molecule has 2 aromatic carbocycles. The summed E-state index contributed by atoms with van der Waals surface area (Å²) < 4.78 is 18.1. The van der Waals surface area contributed by atoms with E-state index in [1.54, 1.807) is 7.11 Å². The first-order chi connectivity index (χ1) is 11.3. The fourth-order valence-corrected chi connectivity index (χ4v) is 3.23. The Labute approximate surface area is 142 Å². The summed E-state index contributed by atoms with van der Waals surface area (Å²) in [5, 5.41) is 2.34. The number of nitrogens with one attached hydrogen (secondary N) is 1. The zero-order valence-electron chi connectivity index (χ0n) is 14.8. The van der Waals surface area contributed by atoms with Gasteiger partial charge in [-0.2, -0.15) is 0 Å². The summed E-state index contributed by atoms with van der Waals surface area (Å²) in [4.78, 5) is 3.44. The van der Waals surface area contributed by atoms with Crippen molar-refractivity contribution in [2.75, 3.05) is 7.11 Å². The Balaban J connectivity index is 1.90. The zero-order chi connectivity index (χ0) is 17.1. The summed E-state index contributed by atoms with van der Waals surface area (Å²) in [6, 6.07) is 12.4. The molecule has 3 aromatic rings. The van der Waals surface area contributed by atoms with E-state index in [4.69, 9.17) is 14.0 Å². The number of ether oxygens (including phenoxy) is 1. The fourth-order valence-electron chi connectivity index (χ4n) is 3.23. The van der Waals surface area contributed by atoms with Crippen LogP contribution in [0.3, 0.4) is 0 Å². The van der Waals surface area contributed by atoms with Gasteiger partial charge in [-0.3, -0.25) is 0 Å². The SMILES string of the molecule is COc1cc2[nH]c3ccccc3c2cc1B1OC(C)(C)C(C)(C)O1. The number of hydrogen-bond acceptors (Lipinski definition) is 3. The number of benzene rings is 2. The highest BCUT2D eigenvalue weighted by Gasteiger charge is 2.52. The molecule has 0 amide bonds. The van der Waals surface area contributed by atoms with Crippen molar-refractivity contribution in [3.05, 3.63) is 36.4 Å². The van der Waals surface area contributed by atoms with Crippen molar-refractivity contribution in [2.24, 2.45) is 0 Å². The number of fused-ring (bicyclic) bond motifs is 3. The summed E-state index contributed by atoms with van der Waals surface area (Å²) in [5.41, 5.74) is 2.33. The van der Waals surface area contributed by atoms with Gasteiger partial charge >= 0.3 is 7.12 Å². The van der Waals surface area contributed by atoms with Gasteiger partial charge in [0.2, 0.25) is 0 Å². The topological polar surface area (TPSA) is 43.5 Å². The lowest BCUT2D eigenvalue weighted by molar-refractivity contribution is 0.00578. The van der Waals surface area contributed by atoms with Crippen LogP contribution in [0.1, 0.15) is 27.7 Å². The Kier molecular flexibility index (Phi) is 3.24. The fraction of sp³-hybridized carbons (Fsp3) is 0.368. The minimum absolute atomic E-state index is 0.377. The lowest BCUT2D eigenvalue weighted by Crippen LogP contribution is -2.41. The molecule has 1 aliphatic heterocycles. The highest BCUT2D eigenvalue weighted by Crippen LogP contribution is 2.38. The van der Waals surface area contributed by atoms with Gasteiger partial charge in [0.25, 0.3) is 0 Å². The maximum atomic E-state index is 6.22. The van der Waals surface area contributed by atoms with Crippen molar-refractivity contribution in [2.45, 2.75) is 38.9 Å². The van der Waals surface area contributed by atoms with E-state index in [9.17, 15) is 0 Å². The first-order valence-electron chi connectivity index (χ1n) is 8.26. The molecule has 124 valence electrons. The average molecular weight is 323 g/mol. The standard InChI is InChI=1S/C19H22BNO3/c1-18(2)19(3,4)24-20(23-18)14-10-13-12-8-6-7-9-15(12)21-16(13)11-17(14)22-5/h6-11,21H,1-5H3. The first kappa shape index (κ1) is 15.5.